The lowest BCUT2D eigenvalue weighted by Crippen LogP contribution is -2.33. The van der Waals surface area contributed by atoms with Crippen LogP contribution in [0.5, 0.6) is 0 Å². The van der Waals surface area contributed by atoms with E-state index in [1.165, 1.54) is 37.1 Å². The molecular weight excluding hydrogens is 210 g/mol. The molecule has 0 aromatic carbocycles. The molecule has 2 unspecified atom stereocenters. The first kappa shape index (κ1) is 11.0. The van der Waals surface area contributed by atoms with Gasteiger partial charge in [0.15, 0.2) is 0 Å². The van der Waals surface area contributed by atoms with Crippen molar-refractivity contribution in [3.8, 4) is 0 Å². The van der Waals surface area contributed by atoms with Crippen LogP contribution in [-0.2, 0) is 6.54 Å². The fraction of sp³-hybridized carbons (Fsp3) is 0.643. The summed E-state index contributed by atoms with van der Waals surface area (Å²) in [5, 5.41) is 3.42. The van der Waals surface area contributed by atoms with Crippen molar-refractivity contribution in [2.45, 2.75) is 38.8 Å². The fourth-order valence-electron chi connectivity index (χ4n) is 3.30. The molecule has 1 N–H and O–H groups in total. The minimum atomic E-state index is 0.782. The van der Waals surface area contributed by atoms with E-state index in [2.05, 4.69) is 28.2 Å². The van der Waals surface area contributed by atoms with Crippen LogP contribution in [0, 0.1) is 5.92 Å². The Bertz CT molecular complexity index is 391. The smallest absolute Gasteiger partial charge is 0.0600 e. The summed E-state index contributed by atoms with van der Waals surface area (Å²) >= 11 is 0. The van der Waals surface area contributed by atoms with Crippen LogP contribution in [0.3, 0.4) is 0 Å². The number of pyridine rings is 1. The highest BCUT2D eigenvalue weighted by atomic mass is 15.2. The molecule has 2 fully saturated rings. The van der Waals surface area contributed by atoms with Gasteiger partial charge in [-0.1, -0.05) is 6.92 Å². The Labute approximate surface area is 103 Å². The highest BCUT2D eigenvalue weighted by Gasteiger charge is 2.38. The lowest BCUT2D eigenvalue weighted by atomic mass is 10.1. The zero-order chi connectivity index (χ0) is 11.7. The number of anilines is 1. The molecule has 3 heteroatoms. The van der Waals surface area contributed by atoms with Gasteiger partial charge in [0.25, 0.3) is 0 Å². The standard InChI is InChI=1S/C14H21N3/c1-2-15-8-12-5-6-16-9-14(12)17-10-11-3-4-13(17)7-11/h5-6,9,11,13,15H,2-4,7-8,10H2,1H3. The zero-order valence-electron chi connectivity index (χ0n) is 10.5. The molecular formula is C14H21N3. The van der Waals surface area contributed by atoms with E-state index < -0.39 is 0 Å². The number of piperidine rings is 1. The number of hydrogen-bond acceptors (Lipinski definition) is 3. The minimum absolute atomic E-state index is 0.782. The van der Waals surface area contributed by atoms with Crippen LogP contribution in [0.4, 0.5) is 5.69 Å². The average Bonchev–Trinajstić information content (AvgIpc) is 2.99. The molecule has 92 valence electrons. The third-order valence-electron chi connectivity index (χ3n) is 4.17. The summed E-state index contributed by atoms with van der Waals surface area (Å²) in [7, 11) is 0. The predicted molar refractivity (Wildman–Crippen MR) is 70.1 cm³/mol. The minimum Gasteiger partial charge on any atom is -0.367 e. The Morgan fingerprint density at radius 2 is 2.41 bits per heavy atom. The number of rotatable bonds is 4. The van der Waals surface area contributed by atoms with E-state index in [0.29, 0.717) is 0 Å². The number of hydrogen-bond donors (Lipinski definition) is 1. The maximum atomic E-state index is 4.31. The van der Waals surface area contributed by atoms with Gasteiger partial charge in [-0.15, -0.1) is 0 Å². The van der Waals surface area contributed by atoms with Gasteiger partial charge in [0.1, 0.15) is 0 Å². The van der Waals surface area contributed by atoms with Crippen LogP contribution in [0.1, 0.15) is 31.7 Å². The van der Waals surface area contributed by atoms with Crippen molar-refractivity contribution in [3.63, 3.8) is 0 Å². The van der Waals surface area contributed by atoms with Crippen molar-refractivity contribution >= 4 is 5.69 Å². The maximum absolute atomic E-state index is 4.31. The number of fused-ring (bicyclic) bond motifs is 2. The summed E-state index contributed by atoms with van der Waals surface area (Å²) in [5.41, 5.74) is 2.76. The van der Waals surface area contributed by atoms with Crippen molar-refractivity contribution in [2.24, 2.45) is 5.92 Å². The van der Waals surface area contributed by atoms with E-state index in [1.807, 2.05) is 12.4 Å². The average molecular weight is 231 g/mol. The van der Waals surface area contributed by atoms with Gasteiger partial charge in [0.2, 0.25) is 0 Å². The van der Waals surface area contributed by atoms with Crippen molar-refractivity contribution in [1.82, 2.24) is 10.3 Å². The second-order valence-corrected chi connectivity index (χ2v) is 5.27. The summed E-state index contributed by atoms with van der Waals surface area (Å²) < 4.78 is 0. The molecule has 1 saturated heterocycles. The lowest BCUT2D eigenvalue weighted by molar-refractivity contribution is 0.551. The molecule has 17 heavy (non-hydrogen) atoms. The molecule has 3 nitrogen and oxygen atoms in total. The number of nitrogens with one attached hydrogen (secondary N) is 1. The summed E-state index contributed by atoms with van der Waals surface area (Å²) in [4.78, 5) is 6.90. The predicted octanol–water partition coefficient (Wildman–Crippen LogP) is 2.18. The molecule has 2 bridgehead atoms. The highest BCUT2D eigenvalue weighted by Crippen LogP contribution is 2.40. The molecule has 0 amide bonds. The first-order valence-electron chi connectivity index (χ1n) is 6.78. The normalized spacial score (nSPS) is 26.8. The largest absolute Gasteiger partial charge is 0.367 e. The molecule has 0 radical (unpaired) electrons. The lowest BCUT2D eigenvalue weighted by Gasteiger charge is -2.30. The molecule has 1 aliphatic carbocycles. The molecule has 2 atom stereocenters. The SMILES string of the molecule is CCNCc1ccncc1N1CC2CCC1C2. The number of aromatic nitrogens is 1. The molecule has 1 aromatic heterocycles. The van der Waals surface area contributed by atoms with Gasteiger partial charge in [-0.2, -0.15) is 0 Å². The van der Waals surface area contributed by atoms with Crippen LogP contribution in [0.15, 0.2) is 18.5 Å². The van der Waals surface area contributed by atoms with Crippen LogP contribution in [0.25, 0.3) is 0 Å². The Morgan fingerprint density at radius 1 is 1.47 bits per heavy atom. The molecule has 0 spiro atoms. The van der Waals surface area contributed by atoms with E-state index in [-0.39, 0.29) is 0 Å². The van der Waals surface area contributed by atoms with Crippen molar-refractivity contribution < 1.29 is 0 Å². The van der Waals surface area contributed by atoms with Crippen LogP contribution in [0.2, 0.25) is 0 Å². The molecule has 3 rings (SSSR count). The van der Waals surface area contributed by atoms with E-state index in [9.17, 15) is 0 Å². The van der Waals surface area contributed by atoms with Gasteiger partial charge in [0.05, 0.1) is 11.9 Å². The summed E-state index contributed by atoms with van der Waals surface area (Å²) in [5.74, 6) is 0.937. The monoisotopic (exact) mass is 231 g/mol. The van der Waals surface area contributed by atoms with Crippen molar-refractivity contribution in [2.75, 3.05) is 18.0 Å². The van der Waals surface area contributed by atoms with Gasteiger partial charge in [0, 0.05) is 25.3 Å². The van der Waals surface area contributed by atoms with Crippen LogP contribution >= 0.6 is 0 Å². The Hall–Kier alpha value is -1.09. The highest BCUT2D eigenvalue weighted by molar-refractivity contribution is 5.54. The quantitative estimate of drug-likeness (QED) is 0.861. The molecule has 1 saturated carbocycles. The first-order valence-corrected chi connectivity index (χ1v) is 6.78. The first-order chi connectivity index (χ1) is 8.38. The second kappa shape index (κ2) is 4.65. The van der Waals surface area contributed by atoms with E-state index in [0.717, 1.165) is 25.0 Å². The van der Waals surface area contributed by atoms with E-state index in [1.54, 1.807) is 0 Å². The van der Waals surface area contributed by atoms with Crippen molar-refractivity contribution in [1.29, 1.82) is 0 Å². The summed E-state index contributed by atoms with van der Waals surface area (Å²) in [6, 6.07) is 2.94. The van der Waals surface area contributed by atoms with Crippen LogP contribution in [-0.4, -0.2) is 24.1 Å². The van der Waals surface area contributed by atoms with Crippen LogP contribution < -0.4 is 10.2 Å². The topological polar surface area (TPSA) is 28.2 Å². The Balaban J connectivity index is 1.82. The third-order valence-corrected chi connectivity index (χ3v) is 4.17. The summed E-state index contributed by atoms with van der Waals surface area (Å²) in [6.07, 6.45) is 8.16. The Kier molecular flexibility index (Phi) is 3.02. The third kappa shape index (κ3) is 2.04. The maximum Gasteiger partial charge on any atom is 0.0600 e. The Morgan fingerprint density at radius 3 is 3.12 bits per heavy atom. The second-order valence-electron chi connectivity index (χ2n) is 5.27. The summed E-state index contributed by atoms with van der Waals surface area (Å²) in [6.45, 7) is 5.38. The molecule has 1 aromatic rings. The van der Waals surface area contributed by atoms with E-state index >= 15 is 0 Å². The van der Waals surface area contributed by atoms with Gasteiger partial charge in [-0.3, -0.25) is 4.98 Å². The molecule has 2 aliphatic rings. The van der Waals surface area contributed by atoms with Gasteiger partial charge < -0.3 is 10.2 Å². The van der Waals surface area contributed by atoms with Gasteiger partial charge in [-0.25, -0.2) is 0 Å². The van der Waals surface area contributed by atoms with Gasteiger partial charge in [-0.05, 0) is 43.4 Å². The number of nitrogens with zero attached hydrogens (tertiary/aromatic N) is 2. The fourth-order valence-corrected chi connectivity index (χ4v) is 3.30. The molecule has 2 heterocycles. The zero-order valence-corrected chi connectivity index (χ0v) is 10.5. The van der Waals surface area contributed by atoms with Gasteiger partial charge >= 0.3 is 0 Å². The van der Waals surface area contributed by atoms with Crippen molar-refractivity contribution in [3.05, 3.63) is 24.0 Å². The van der Waals surface area contributed by atoms with E-state index in [4.69, 9.17) is 0 Å². The molecule has 1 aliphatic heterocycles.